The van der Waals surface area contributed by atoms with Crippen molar-refractivity contribution in [2.75, 3.05) is 0 Å². The van der Waals surface area contributed by atoms with Gasteiger partial charge in [-0.2, -0.15) is 0 Å². The lowest BCUT2D eigenvalue weighted by Gasteiger charge is -2.07. The van der Waals surface area contributed by atoms with Gasteiger partial charge in [0.25, 0.3) is 0 Å². The molecule has 1 atom stereocenters. The fourth-order valence-electron chi connectivity index (χ4n) is 0.974. The first-order chi connectivity index (χ1) is 5.57. The molecule has 0 saturated carbocycles. The lowest BCUT2D eigenvalue weighted by molar-refractivity contribution is -0.148. The van der Waals surface area contributed by atoms with Crippen LogP contribution in [-0.2, 0) is 9.59 Å². The average Bonchev–Trinajstić information content (AvgIpc) is 1.96. The normalized spacial score (nSPS) is 11.5. The molecule has 0 radical (unpaired) electrons. The highest BCUT2D eigenvalue weighted by atomic mass is 27.0. The van der Waals surface area contributed by atoms with E-state index >= 15 is 0 Å². The van der Waals surface area contributed by atoms with Crippen LogP contribution in [0.15, 0.2) is 0 Å². The second kappa shape index (κ2) is 8.09. The molecule has 0 amide bonds. The molecule has 0 aliphatic heterocycles. The van der Waals surface area contributed by atoms with Crippen molar-refractivity contribution in [3.63, 3.8) is 0 Å². The highest BCUT2D eigenvalue weighted by Gasteiger charge is 2.19. The summed E-state index contributed by atoms with van der Waals surface area (Å²) in [4.78, 5) is 20.7. The number of carboxylic acids is 2. The number of carbonyl (C=O) groups is 2. The van der Waals surface area contributed by atoms with Crippen LogP contribution in [0.2, 0.25) is 0 Å². The number of rotatable bonds is 6. The summed E-state index contributed by atoms with van der Waals surface area (Å²) in [6.07, 6.45) is 1.85. The number of unbranched alkanes of at least 4 members (excludes halogenated alkanes) is 1. The summed E-state index contributed by atoms with van der Waals surface area (Å²) in [5.74, 6) is -2.77. The lowest BCUT2D eigenvalue weighted by Crippen LogP contribution is -2.17. The Morgan fingerprint density at radius 1 is 1.31 bits per heavy atom. The molecule has 0 saturated heterocycles. The molecule has 0 heterocycles. The third kappa shape index (κ3) is 7.82. The number of carboxylic acid groups (broad SMARTS) is 2. The molecule has 0 aromatic rings. The first-order valence-electron chi connectivity index (χ1n) is 4.02. The van der Waals surface area contributed by atoms with Crippen LogP contribution < -0.4 is 0 Å². The third-order valence-corrected chi connectivity index (χ3v) is 1.68. The molecule has 76 valence electrons. The molecular formula is C8H17AlO4. The predicted octanol–water partition coefficient (Wildman–Crippen LogP) is 0.168. The lowest BCUT2D eigenvalue weighted by atomic mass is 9.99. The first kappa shape index (κ1) is 15.0. The molecule has 2 N–H and O–H groups in total. The van der Waals surface area contributed by atoms with Gasteiger partial charge in [-0.25, -0.2) is 0 Å². The van der Waals surface area contributed by atoms with Crippen molar-refractivity contribution < 1.29 is 19.8 Å². The van der Waals surface area contributed by atoms with Crippen LogP contribution >= 0.6 is 0 Å². The Labute approximate surface area is 88.1 Å². The molecule has 0 aliphatic carbocycles. The van der Waals surface area contributed by atoms with Gasteiger partial charge in [-0.3, -0.25) is 9.59 Å². The first-order valence-corrected chi connectivity index (χ1v) is 4.02. The Morgan fingerprint density at radius 2 is 1.85 bits per heavy atom. The van der Waals surface area contributed by atoms with E-state index in [1.807, 2.05) is 6.92 Å². The quantitative estimate of drug-likeness (QED) is 0.605. The fraction of sp³-hybridized carbons (Fsp3) is 0.750. The van der Waals surface area contributed by atoms with Gasteiger partial charge in [-0.1, -0.05) is 19.8 Å². The van der Waals surface area contributed by atoms with Crippen LogP contribution in [-0.4, -0.2) is 39.5 Å². The SMILES string of the molecule is CCCCC(CC(=O)O)C(=O)O.[AlH3]. The third-order valence-electron chi connectivity index (χ3n) is 1.68. The molecular weight excluding hydrogens is 187 g/mol. The second-order valence-electron chi connectivity index (χ2n) is 2.78. The molecule has 4 nitrogen and oxygen atoms in total. The largest absolute Gasteiger partial charge is 0.481 e. The monoisotopic (exact) mass is 204 g/mol. The summed E-state index contributed by atoms with van der Waals surface area (Å²) in [6, 6.07) is 0. The minimum Gasteiger partial charge on any atom is -0.481 e. The highest BCUT2D eigenvalue weighted by Crippen LogP contribution is 2.12. The molecule has 0 bridgehead atoms. The van der Waals surface area contributed by atoms with Crippen LogP contribution in [0.4, 0.5) is 0 Å². The maximum atomic E-state index is 10.5. The zero-order valence-electron chi connectivity index (χ0n) is 7.12. The van der Waals surface area contributed by atoms with Gasteiger partial charge in [0, 0.05) is 0 Å². The van der Waals surface area contributed by atoms with Gasteiger partial charge < -0.3 is 10.2 Å². The minimum absolute atomic E-state index is 0. The van der Waals surface area contributed by atoms with Crippen molar-refractivity contribution in [3.8, 4) is 0 Å². The molecule has 0 rings (SSSR count). The van der Waals surface area contributed by atoms with Gasteiger partial charge in [0.2, 0.25) is 0 Å². The predicted molar refractivity (Wildman–Crippen MR) is 52.8 cm³/mol. The average molecular weight is 204 g/mol. The van der Waals surface area contributed by atoms with E-state index in [0.29, 0.717) is 6.42 Å². The number of aliphatic carboxylic acids is 2. The van der Waals surface area contributed by atoms with Crippen molar-refractivity contribution in [2.45, 2.75) is 32.6 Å². The summed E-state index contributed by atoms with van der Waals surface area (Å²) in [5, 5.41) is 17.0. The Kier molecular flexibility index (Phi) is 9.31. The van der Waals surface area contributed by atoms with E-state index in [0.717, 1.165) is 12.8 Å². The van der Waals surface area contributed by atoms with Crippen LogP contribution in [0.25, 0.3) is 0 Å². The summed E-state index contributed by atoms with van der Waals surface area (Å²) in [7, 11) is 0. The molecule has 0 aromatic carbocycles. The number of hydrogen-bond donors (Lipinski definition) is 2. The minimum atomic E-state index is -1.04. The van der Waals surface area contributed by atoms with Gasteiger partial charge in [0.05, 0.1) is 12.3 Å². The maximum Gasteiger partial charge on any atom is 0.307 e. The highest BCUT2D eigenvalue weighted by molar-refractivity contribution is 5.77. The van der Waals surface area contributed by atoms with Crippen LogP contribution in [0.1, 0.15) is 32.6 Å². The van der Waals surface area contributed by atoms with E-state index in [1.54, 1.807) is 0 Å². The van der Waals surface area contributed by atoms with Gasteiger partial charge in [-0.15, -0.1) is 0 Å². The van der Waals surface area contributed by atoms with Crippen molar-refractivity contribution in [3.05, 3.63) is 0 Å². The van der Waals surface area contributed by atoms with Gasteiger partial charge in [-0.05, 0) is 6.42 Å². The van der Waals surface area contributed by atoms with Crippen LogP contribution in [0, 0.1) is 5.92 Å². The van der Waals surface area contributed by atoms with E-state index < -0.39 is 17.9 Å². The van der Waals surface area contributed by atoms with E-state index in [2.05, 4.69) is 0 Å². The molecule has 0 spiro atoms. The standard InChI is InChI=1S/C8H14O4.Al.3H/c1-2-3-4-6(8(11)12)5-7(9)10;;;;/h6H,2-5H2,1H3,(H,9,10)(H,11,12);;;;. The van der Waals surface area contributed by atoms with Crippen molar-refractivity contribution in [1.82, 2.24) is 0 Å². The molecule has 5 heteroatoms. The second-order valence-corrected chi connectivity index (χ2v) is 2.78. The molecule has 13 heavy (non-hydrogen) atoms. The van der Waals surface area contributed by atoms with E-state index in [4.69, 9.17) is 10.2 Å². The van der Waals surface area contributed by atoms with Gasteiger partial charge in [0.1, 0.15) is 0 Å². The smallest absolute Gasteiger partial charge is 0.307 e. The van der Waals surface area contributed by atoms with Crippen molar-refractivity contribution in [1.29, 1.82) is 0 Å². The molecule has 0 fully saturated rings. The Balaban J connectivity index is 0. The van der Waals surface area contributed by atoms with E-state index in [9.17, 15) is 9.59 Å². The Morgan fingerprint density at radius 3 is 2.15 bits per heavy atom. The summed E-state index contributed by atoms with van der Waals surface area (Å²) < 4.78 is 0. The van der Waals surface area contributed by atoms with E-state index in [-0.39, 0.29) is 23.8 Å². The Bertz CT molecular complexity index is 170. The fourth-order valence-corrected chi connectivity index (χ4v) is 0.974. The topological polar surface area (TPSA) is 74.6 Å². The van der Waals surface area contributed by atoms with E-state index in [1.165, 1.54) is 0 Å². The molecule has 1 unspecified atom stereocenters. The maximum absolute atomic E-state index is 10.5. The number of hydrogen-bond acceptors (Lipinski definition) is 2. The summed E-state index contributed by atoms with van der Waals surface area (Å²) >= 11 is 0. The zero-order chi connectivity index (χ0) is 9.56. The van der Waals surface area contributed by atoms with Crippen LogP contribution in [0.3, 0.4) is 0 Å². The summed E-state index contributed by atoms with van der Waals surface area (Å²) in [6.45, 7) is 1.94. The van der Waals surface area contributed by atoms with Gasteiger partial charge >= 0.3 is 11.9 Å². The molecule has 0 aromatic heterocycles. The summed E-state index contributed by atoms with van der Waals surface area (Å²) in [5.41, 5.74) is 0. The van der Waals surface area contributed by atoms with Crippen LogP contribution in [0.5, 0.6) is 0 Å². The Hall–Kier alpha value is -0.528. The molecule has 0 aliphatic rings. The zero-order valence-corrected chi connectivity index (χ0v) is 7.12. The van der Waals surface area contributed by atoms with Crippen molar-refractivity contribution in [2.24, 2.45) is 5.92 Å². The van der Waals surface area contributed by atoms with Crippen molar-refractivity contribution >= 4 is 29.3 Å². The van der Waals surface area contributed by atoms with Gasteiger partial charge in [0.15, 0.2) is 17.4 Å².